The van der Waals surface area contributed by atoms with Crippen molar-refractivity contribution in [1.29, 1.82) is 0 Å². The van der Waals surface area contributed by atoms with Gasteiger partial charge in [-0.2, -0.15) is 0 Å². The number of nitrogens with zero attached hydrogens (tertiary/aromatic N) is 1. The molecule has 1 nitrogen and oxygen atoms in total. The second kappa shape index (κ2) is 9.97. The minimum absolute atomic E-state index is 0.992. The maximum atomic E-state index is 2.51. The van der Waals surface area contributed by atoms with Gasteiger partial charge in [0, 0.05) is 30.9 Å². The number of fused-ring (bicyclic) bond motifs is 6. The second-order valence-electron chi connectivity index (χ2n) is 10.4. The summed E-state index contributed by atoms with van der Waals surface area (Å²) in [6, 6.07) is 35.9. The first-order chi connectivity index (χ1) is 19.7. The Balaban J connectivity index is 1.65. The lowest BCUT2D eigenvalue weighted by Gasteiger charge is -2.15. The summed E-state index contributed by atoms with van der Waals surface area (Å²) in [5, 5.41) is 5.28. The first-order valence-electron chi connectivity index (χ1n) is 14.1. The van der Waals surface area contributed by atoms with Crippen LogP contribution in [0.25, 0.3) is 64.9 Å². The van der Waals surface area contributed by atoms with Crippen LogP contribution in [0, 0.1) is 6.92 Å². The van der Waals surface area contributed by atoms with Crippen LogP contribution in [-0.2, 0) is 6.42 Å². The molecule has 0 atom stereocenters. The topological polar surface area (TPSA) is 4.93 Å². The Bertz CT molecular complexity index is 2120. The number of hydrogen-bond acceptors (Lipinski definition) is 1. The second-order valence-corrected chi connectivity index (χ2v) is 11.4. The van der Waals surface area contributed by atoms with E-state index in [9.17, 15) is 0 Å². The Morgan fingerprint density at radius 1 is 0.725 bits per heavy atom. The SMILES string of the molecule is C/C=C\C=C/c1ccc(-n2c3ccccc3c3c(-c4ccccc4C)c(CC)ccc32)c2c1sc1ccccc12. The average Bonchev–Trinajstić information content (AvgIpc) is 3.54. The van der Waals surface area contributed by atoms with E-state index in [2.05, 4.69) is 147 Å². The van der Waals surface area contributed by atoms with Crippen LogP contribution in [0.4, 0.5) is 0 Å². The molecule has 194 valence electrons. The van der Waals surface area contributed by atoms with Crippen molar-refractivity contribution < 1.29 is 0 Å². The van der Waals surface area contributed by atoms with Gasteiger partial charge in [-0.05, 0) is 72.4 Å². The fraction of sp³-hybridized carbons (Fsp3) is 0.105. The molecular formula is C38H31NS. The highest BCUT2D eigenvalue weighted by molar-refractivity contribution is 7.26. The minimum Gasteiger partial charge on any atom is -0.309 e. The van der Waals surface area contributed by atoms with Gasteiger partial charge in [0.1, 0.15) is 0 Å². The van der Waals surface area contributed by atoms with E-state index in [0.29, 0.717) is 0 Å². The van der Waals surface area contributed by atoms with Crippen LogP contribution in [0.15, 0.2) is 115 Å². The molecule has 2 aromatic heterocycles. The summed E-state index contributed by atoms with van der Waals surface area (Å²) in [4.78, 5) is 0. The van der Waals surface area contributed by atoms with Crippen molar-refractivity contribution in [1.82, 2.24) is 4.57 Å². The number of thiophene rings is 1. The van der Waals surface area contributed by atoms with E-state index in [0.717, 1.165) is 6.42 Å². The van der Waals surface area contributed by atoms with Crippen LogP contribution in [0.1, 0.15) is 30.5 Å². The number of aryl methyl sites for hydroxylation is 2. The van der Waals surface area contributed by atoms with E-state index >= 15 is 0 Å². The van der Waals surface area contributed by atoms with E-state index < -0.39 is 0 Å². The Hall–Kier alpha value is -4.40. The zero-order chi connectivity index (χ0) is 27.2. The quantitative estimate of drug-likeness (QED) is 0.194. The Morgan fingerprint density at radius 3 is 2.33 bits per heavy atom. The highest BCUT2D eigenvalue weighted by atomic mass is 32.1. The van der Waals surface area contributed by atoms with Gasteiger partial charge in [-0.15, -0.1) is 11.3 Å². The first-order valence-corrected chi connectivity index (χ1v) is 14.9. The van der Waals surface area contributed by atoms with E-state index in [1.165, 1.54) is 75.5 Å². The van der Waals surface area contributed by atoms with Crippen molar-refractivity contribution in [2.24, 2.45) is 0 Å². The molecule has 0 bridgehead atoms. The molecule has 0 aliphatic heterocycles. The summed E-state index contributed by atoms with van der Waals surface area (Å²) in [7, 11) is 0. The molecule has 0 amide bonds. The maximum absolute atomic E-state index is 2.51. The minimum atomic E-state index is 0.992. The van der Waals surface area contributed by atoms with Crippen molar-refractivity contribution >= 4 is 59.4 Å². The Morgan fingerprint density at radius 2 is 1.50 bits per heavy atom. The molecule has 0 spiro atoms. The molecule has 2 heterocycles. The largest absolute Gasteiger partial charge is 0.309 e. The fourth-order valence-electron chi connectivity index (χ4n) is 6.24. The van der Waals surface area contributed by atoms with Crippen LogP contribution >= 0.6 is 11.3 Å². The summed E-state index contributed by atoms with van der Waals surface area (Å²) < 4.78 is 5.15. The van der Waals surface area contributed by atoms with Gasteiger partial charge in [-0.1, -0.05) is 104 Å². The summed E-state index contributed by atoms with van der Waals surface area (Å²) >= 11 is 1.89. The van der Waals surface area contributed by atoms with Crippen molar-refractivity contribution in [3.8, 4) is 16.8 Å². The van der Waals surface area contributed by atoms with Gasteiger partial charge in [0.25, 0.3) is 0 Å². The Kier molecular flexibility index (Phi) is 6.14. The van der Waals surface area contributed by atoms with Gasteiger partial charge in [0.15, 0.2) is 0 Å². The molecule has 0 radical (unpaired) electrons. The van der Waals surface area contributed by atoms with Crippen LogP contribution in [0.5, 0.6) is 0 Å². The van der Waals surface area contributed by atoms with Crippen LogP contribution in [0.2, 0.25) is 0 Å². The van der Waals surface area contributed by atoms with Gasteiger partial charge in [0.05, 0.1) is 16.7 Å². The van der Waals surface area contributed by atoms with Crippen molar-refractivity contribution in [3.63, 3.8) is 0 Å². The molecule has 0 unspecified atom stereocenters. The van der Waals surface area contributed by atoms with E-state index in [4.69, 9.17) is 0 Å². The summed E-state index contributed by atoms with van der Waals surface area (Å²) in [6.07, 6.45) is 9.53. The van der Waals surface area contributed by atoms with E-state index in [1.54, 1.807) is 0 Å². The standard InChI is InChI=1S/C38H31NS/c1-4-6-7-15-27-22-24-33(37-30-18-11-13-20-34(30)40-38(27)37)39-31-19-12-10-17-29(31)36-32(39)23-21-26(5-2)35(36)28-16-9-8-14-25(28)3/h4,6-24H,5H2,1-3H3/b6-4-,15-7-. The zero-order valence-electron chi connectivity index (χ0n) is 23.1. The lowest BCUT2D eigenvalue weighted by Crippen LogP contribution is -1.97. The van der Waals surface area contributed by atoms with Gasteiger partial charge < -0.3 is 4.57 Å². The summed E-state index contributed by atoms with van der Waals surface area (Å²) in [5.41, 5.74) is 10.4. The monoisotopic (exact) mass is 533 g/mol. The van der Waals surface area contributed by atoms with Crippen LogP contribution < -0.4 is 0 Å². The van der Waals surface area contributed by atoms with Gasteiger partial charge >= 0.3 is 0 Å². The predicted molar refractivity (Wildman–Crippen MR) is 177 cm³/mol. The molecule has 0 fully saturated rings. The molecule has 40 heavy (non-hydrogen) atoms. The lowest BCUT2D eigenvalue weighted by atomic mass is 9.91. The molecule has 0 aliphatic rings. The highest BCUT2D eigenvalue weighted by Crippen LogP contribution is 2.45. The van der Waals surface area contributed by atoms with Crippen molar-refractivity contribution in [2.45, 2.75) is 27.2 Å². The molecule has 7 aromatic rings. The first kappa shape index (κ1) is 24.6. The number of benzene rings is 5. The molecule has 5 aromatic carbocycles. The summed E-state index contributed by atoms with van der Waals surface area (Å²) in [5.74, 6) is 0. The molecule has 2 heteroatoms. The number of aromatic nitrogens is 1. The molecule has 0 N–H and O–H groups in total. The lowest BCUT2D eigenvalue weighted by molar-refractivity contribution is 1.14. The zero-order valence-corrected chi connectivity index (χ0v) is 23.9. The van der Waals surface area contributed by atoms with Gasteiger partial charge in [-0.3, -0.25) is 0 Å². The third-order valence-corrected chi connectivity index (χ3v) is 9.29. The molecule has 0 saturated carbocycles. The fourth-order valence-corrected chi connectivity index (χ4v) is 7.45. The number of allylic oxidation sites excluding steroid dienone is 3. The highest BCUT2D eigenvalue weighted by Gasteiger charge is 2.21. The maximum Gasteiger partial charge on any atom is 0.0555 e. The van der Waals surface area contributed by atoms with Crippen molar-refractivity contribution in [3.05, 3.63) is 132 Å². The van der Waals surface area contributed by atoms with Crippen LogP contribution in [-0.4, -0.2) is 4.57 Å². The van der Waals surface area contributed by atoms with Gasteiger partial charge in [0.2, 0.25) is 0 Å². The third kappa shape index (κ3) is 3.75. The number of para-hydroxylation sites is 1. The van der Waals surface area contributed by atoms with Crippen LogP contribution in [0.3, 0.4) is 0 Å². The van der Waals surface area contributed by atoms with E-state index in [1.807, 2.05) is 11.3 Å². The molecule has 7 rings (SSSR count). The predicted octanol–water partition coefficient (Wildman–Crippen LogP) is 11.3. The van der Waals surface area contributed by atoms with Gasteiger partial charge in [-0.25, -0.2) is 0 Å². The smallest absolute Gasteiger partial charge is 0.0555 e. The molecule has 0 aliphatic carbocycles. The van der Waals surface area contributed by atoms with E-state index in [-0.39, 0.29) is 0 Å². The average molecular weight is 534 g/mol. The number of rotatable bonds is 5. The summed E-state index contributed by atoms with van der Waals surface area (Å²) in [6.45, 7) is 6.55. The molecular weight excluding hydrogens is 502 g/mol. The number of hydrogen-bond donors (Lipinski definition) is 0. The third-order valence-electron chi connectivity index (χ3n) is 8.07. The normalized spacial score (nSPS) is 12.3. The molecule has 0 saturated heterocycles. The Labute approximate surface area is 239 Å². The van der Waals surface area contributed by atoms with Crippen molar-refractivity contribution in [2.75, 3.05) is 0 Å².